The lowest BCUT2D eigenvalue weighted by Gasteiger charge is -2.11. The van der Waals surface area contributed by atoms with Gasteiger partial charge in [-0.05, 0) is 44.1 Å². The van der Waals surface area contributed by atoms with E-state index in [4.69, 9.17) is 5.73 Å². The molecule has 2 aliphatic carbocycles. The van der Waals surface area contributed by atoms with Gasteiger partial charge in [-0.2, -0.15) is 5.10 Å². The summed E-state index contributed by atoms with van der Waals surface area (Å²) in [6, 6.07) is 0. The topological polar surface area (TPSA) is 67.6 Å². The molecule has 0 saturated heterocycles. The van der Waals surface area contributed by atoms with Crippen molar-refractivity contribution in [2.45, 2.75) is 44.4 Å². The zero-order valence-corrected chi connectivity index (χ0v) is 11.0. The molecule has 5 heteroatoms. The van der Waals surface area contributed by atoms with E-state index < -0.39 is 0 Å². The molecule has 1 fully saturated rings. The van der Waals surface area contributed by atoms with Crippen molar-refractivity contribution in [3.63, 3.8) is 0 Å². The van der Waals surface area contributed by atoms with Crippen molar-refractivity contribution in [1.29, 1.82) is 0 Å². The SMILES string of the molecule is Nc1sc2c(c1-c1n[nH]c(C3CC3)n1)CCCC2. The molecule has 0 unspecified atom stereocenters. The maximum Gasteiger partial charge on any atom is 0.184 e. The Morgan fingerprint density at radius 3 is 2.89 bits per heavy atom. The number of aromatic amines is 1. The van der Waals surface area contributed by atoms with Crippen LogP contribution in [0.1, 0.15) is 47.9 Å². The predicted molar refractivity (Wildman–Crippen MR) is 72.7 cm³/mol. The highest BCUT2D eigenvalue weighted by molar-refractivity contribution is 7.16. The van der Waals surface area contributed by atoms with Gasteiger partial charge in [0, 0.05) is 10.8 Å². The molecule has 2 aliphatic rings. The van der Waals surface area contributed by atoms with Crippen LogP contribution in [0.2, 0.25) is 0 Å². The summed E-state index contributed by atoms with van der Waals surface area (Å²) in [6.45, 7) is 0. The number of aryl methyl sites for hydroxylation is 1. The van der Waals surface area contributed by atoms with E-state index in [1.807, 2.05) is 0 Å². The van der Waals surface area contributed by atoms with Gasteiger partial charge in [0.2, 0.25) is 0 Å². The average Bonchev–Trinajstić information content (AvgIpc) is 3.01. The Balaban J connectivity index is 1.80. The molecule has 0 spiro atoms. The van der Waals surface area contributed by atoms with Crippen LogP contribution in [0, 0.1) is 0 Å². The third-order valence-electron chi connectivity index (χ3n) is 3.89. The Labute approximate surface area is 110 Å². The van der Waals surface area contributed by atoms with Crippen molar-refractivity contribution in [3.8, 4) is 11.4 Å². The predicted octanol–water partition coefficient (Wildman–Crippen LogP) is 2.87. The van der Waals surface area contributed by atoms with Crippen LogP contribution in [0.15, 0.2) is 0 Å². The van der Waals surface area contributed by atoms with E-state index >= 15 is 0 Å². The summed E-state index contributed by atoms with van der Waals surface area (Å²) < 4.78 is 0. The normalized spacial score (nSPS) is 18.9. The molecule has 2 heterocycles. The summed E-state index contributed by atoms with van der Waals surface area (Å²) in [7, 11) is 0. The van der Waals surface area contributed by atoms with Crippen LogP contribution in [-0.4, -0.2) is 15.2 Å². The van der Waals surface area contributed by atoms with E-state index in [1.165, 1.54) is 42.5 Å². The number of hydrogen-bond acceptors (Lipinski definition) is 4. The van der Waals surface area contributed by atoms with Crippen molar-refractivity contribution in [2.75, 3.05) is 5.73 Å². The molecule has 2 aromatic rings. The molecular weight excluding hydrogens is 244 g/mol. The van der Waals surface area contributed by atoms with Gasteiger partial charge in [-0.3, -0.25) is 5.10 Å². The van der Waals surface area contributed by atoms with Crippen molar-refractivity contribution < 1.29 is 0 Å². The molecule has 0 aliphatic heterocycles. The van der Waals surface area contributed by atoms with Crippen molar-refractivity contribution in [1.82, 2.24) is 15.2 Å². The lowest BCUT2D eigenvalue weighted by Crippen LogP contribution is -2.00. The van der Waals surface area contributed by atoms with Crippen LogP contribution in [0.5, 0.6) is 0 Å². The first-order valence-electron chi connectivity index (χ1n) is 6.65. The average molecular weight is 260 g/mol. The summed E-state index contributed by atoms with van der Waals surface area (Å²) in [6.07, 6.45) is 7.33. The van der Waals surface area contributed by atoms with E-state index in [9.17, 15) is 0 Å². The molecule has 4 rings (SSSR count). The zero-order valence-electron chi connectivity index (χ0n) is 10.2. The molecule has 3 N–H and O–H groups in total. The molecule has 2 aromatic heterocycles. The van der Waals surface area contributed by atoms with Gasteiger partial charge < -0.3 is 5.73 Å². The van der Waals surface area contributed by atoms with E-state index in [0.717, 1.165) is 28.6 Å². The molecule has 4 nitrogen and oxygen atoms in total. The summed E-state index contributed by atoms with van der Waals surface area (Å²) >= 11 is 1.73. The van der Waals surface area contributed by atoms with Gasteiger partial charge >= 0.3 is 0 Å². The fourth-order valence-corrected chi connectivity index (χ4v) is 3.91. The minimum absolute atomic E-state index is 0.613. The number of aromatic nitrogens is 3. The van der Waals surface area contributed by atoms with Gasteiger partial charge in [0.15, 0.2) is 5.82 Å². The van der Waals surface area contributed by atoms with Gasteiger partial charge in [0.25, 0.3) is 0 Å². The van der Waals surface area contributed by atoms with Crippen LogP contribution in [0.4, 0.5) is 5.00 Å². The number of H-pyrrole nitrogens is 1. The first kappa shape index (κ1) is 10.6. The first-order valence-corrected chi connectivity index (χ1v) is 7.47. The first-order chi connectivity index (χ1) is 8.83. The Bertz CT molecular complexity index is 594. The number of nitrogens with two attached hydrogens (primary N) is 1. The Morgan fingerprint density at radius 1 is 1.22 bits per heavy atom. The lowest BCUT2D eigenvalue weighted by molar-refractivity contribution is 0.697. The van der Waals surface area contributed by atoms with Gasteiger partial charge in [-0.15, -0.1) is 11.3 Å². The fraction of sp³-hybridized carbons (Fsp3) is 0.538. The minimum Gasteiger partial charge on any atom is -0.390 e. The quantitative estimate of drug-likeness (QED) is 0.872. The molecule has 0 atom stereocenters. The number of nitrogens with one attached hydrogen (secondary N) is 1. The number of thiophene rings is 1. The lowest BCUT2D eigenvalue weighted by atomic mass is 9.95. The van der Waals surface area contributed by atoms with Gasteiger partial charge in [-0.1, -0.05) is 0 Å². The van der Waals surface area contributed by atoms with Gasteiger partial charge in [-0.25, -0.2) is 4.98 Å². The number of hydrogen-bond donors (Lipinski definition) is 2. The maximum atomic E-state index is 6.18. The van der Waals surface area contributed by atoms with Gasteiger partial charge in [0.1, 0.15) is 5.82 Å². The van der Waals surface area contributed by atoms with E-state index in [1.54, 1.807) is 11.3 Å². The highest BCUT2D eigenvalue weighted by Crippen LogP contribution is 2.43. The van der Waals surface area contributed by atoms with Crippen LogP contribution in [-0.2, 0) is 12.8 Å². The second-order valence-corrected chi connectivity index (χ2v) is 6.41. The van der Waals surface area contributed by atoms with Crippen LogP contribution in [0.3, 0.4) is 0 Å². The summed E-state index contributed by atoms with van der Waals surface area (Å²) in [5.41, 5.74) is 8.70. The maximum absolute atomic E-state index is 6.18. The molecule has 0 amide bonds. The number of rotatable bonds is 2. The standard InChI is InChI=1S/C13H16N4S/c14-11-10(8-3-1-2-4-9(8)18-11)13-15-12(16-17-13)7-5-6-7/h7H,1-6,14H2,(H,15,16,17). The summed E-state index contributed by atoms with van der Waals surface area (Å²) in [5, 5.41) is 8.35. The molecular formula is C13H16N4S. The van der Waals surface area contributed by atoms with E-state index in [0.29, 0.717) is 5.92 Å². The Hall–Kier alpha value is -1.36. The molecule has 0 aromatic carbocycles. The molecule has 0 radical (unpaired) electrons. The largest absolute Gasteiger partial charge is 0.390 e. The van der Waals surface area contributed by atoms with E-state index in [-0.39, 0.29) is 0 Å². The summed E-state index contributed by atoms with van der Waals surface area (Å²) in [4.78, 5) is 6.09. The zero-order chi connectivity index (χ0) is 12.1. The highest BCUT2D eigenvalue weighted by atomic mass is 32.1. The number of fused-ring (bicyclic) bond motifs is 1. The monoisotopic (exact) mass is 260 g/mol. The number of nitrogen functional groups attached to an aromatic ring is 1. The second-order valence-electron chi connectivity index (χ2n) is 5.27. The molecule has 0 bridgehead atoms. The van der Waals surface area contributed by atoms with Gasteiger partial charge in [0.05, 0.1) is 10.6 Å². The minimum atomic E-state index is 0.613. The van der Waals surface area contributed by atoms with Crippen molar-refractivity contribution in [2.24, 2.45) is 0 Å². The Kier molecular flexibility index (Phi) is 2.24. The molecule has 94 valence electrons. The smallest absolute Gasteiger partial charge is 0.184 e. The van der Waals surface area contributed by atoms with Crippen molar-refractivity contribution in [3.05, 3.63) is 16.3 Å². The van der Waals surface area contributed by atoms with Crippen LogP contribution < -0.4 is 5.73 Å². The summed E-state index contributed by atoms with van der Waals surface area (Å²) in [5.74, 6) is 2.47. The molecule has 1 saturated carbocycles. The van der Waals surface area contributed by atoms with Crippen molar-refractivity contribution >= 4 is 16.3 Å². The fourth-order valence-electron chi connectivity index (χ4n) is 2.76. The number of anilines is 1. The highest BCUT2D eigenvalue weighted by Gasteiger charge is 2.29. The van der Waals surface area contributed by atoms with Crippen LogP contribution >= 0.6 is 11.3 Å². The third-order valence-corrected chi connectivity index (χ3v) is 5.01. The molecule has 18 heavy (non-hydrogen) atoms. The third kappa shape index (κ3) is 1.57. The van der Waals surface area contributed by atoms with Crippen LogP contribution in [0.25, 0.3) is 11.4 Å². The number of nitrogens with zero attached hydrogens (tertiary/aromatic N) is 2. The Morgan fingerprint density at radius 2 is 2.06 bits per heavy atom. The second kappa shape index (κ2) is 3.82. The van der Waals surface area contributed by atoms with E-state index in [2.05, 4.69) is 15.2 Å².